The summed E-state index contributed by atoms with van der Waals surface area (Å²) in [4.78, 5) is 61.4. The number of hydrogen-bond acceptors (Lipinski definition) is 18. The molecular weight excluding hydrogens is 1870 g/mol. The Morgan fingerprint density at radius 3 is 0.865 bits per heavy atom. The molecule has 0 N–H and O–H groups in total. The molecule has 0 aliphatic rings. The smallest absolute Gasteiger partial charge is 0.167 e. The van der Waals surface area contributed by atoms with Gasteiger partial charge in [-0.1, -0.05) is 340 Å². The summed E-state index contributed by atoms with van der Waals surface area (Å²) in [5.41, 5.74) is 22.2. The zero-order valence-corrected chi connectivity index (χ0v) is 81.0. The summed E-state index contributed by atoms with van der Waals surface area (Å²) in [5.74, 6) is 5.41. The van der Waals surface area contributed by atoms with Crippen molar-refractivity contribution in [3.05, 3.63) is 449 Å². The molecular formula is C130H74N12O3S3. The third-order valence-electron chi connectivity index (χ3n) is 27.8. The van der Waals surface area contributed by atoms with Gasteiger partial charge in [0.05, 0.1) is 58.9 Å². The lowest BCUT2D eigenvalue weighted by Gasteiger charge is -2.10. The summed E-state index contributed by atoms with van der Waals surface area (Å²) < 4.78 is 26.1. The molecule has 148 heavy (non-hydrogen) atoms. The van der Waals surface area contributed by atoms with Crippen LogP contribution in [0.2, 0.25) is 0 Å². The Balaban J connectivity index is 0.000000105. The van der Waals surface area contributed by atoms with E-state index in [1.165, 1.54) is 55.1 Å². The van der Waals surface area contributed by atoms with Crippen LogP contribution in [-0.2, 0) is 0 Å². The minimum Gasteiger partial charge on any atom is -0.456 e. The Hall–Kier alpha value is -19.2. The molecule has 18 heteroatoms. The number of furan rings is 3. The second-order valence-electron chi connectivity index (χ2n) is 36.6. The first-order valence-electron chi connectivity index (χ1n) is 48.9. The van der Waals surface area contributed by atoms with Gasteiger partial charge in [0.1, 0.15) is 33.5 Å². The predicted octanol–water partition coefficient (Wildman–Crippen LogP) is 35.2. The van der Waals surface area contributed by atoms with Gasteiger partial charge in [0.2, 0.25) is 0 Å². The lowest BCUT2D eigenvalue weighted by Crippen LogP contribution is -2.00. The Labute approximate surface area is 855 Å². The molecule has 0 unspecified atom stereocenters. The van der Waals surface area contributed by atoms with Crippen molar-refractivity contribution in [2.75, 3.05) is 0 Å². The van der Waals surface area contributed by atoms with Crippen LogP contribution in [0.4, 0.5) is 0 Å². The second kappa shape index (κ2) is 35.4. The summed E-state index contributed by atoms with van der Waals surface area (Å²) in [6.45, 7) is 0. The maximum absolute atomic E-state index is 6.43. The van der Waals surface area contributed by atoms with Crippen LogP contribution in [0.1, 0.15) is 0 Å². The lowest BCUT2D eigenvalue weighted by atomic mass is 9.98. The Morgan fingerprint density at radius 1 is 0.155 bits per heavy atom. The Morgan fingerprint density at radius 2 is 0.439 bits per heavy atom. The van der Waals surface area contributed by atoms with Crippen molar-refractivity contribution in [3.63, 3.8) is 0 Å². The van der Waals surface area contributed by atoms with Crippen LogP contribution in [0.5, 0.6) is 0 Å². The van der Waals surface area contributed by atoms with E-state index >= 15 is 0 Å². The number of pyridine rings is 3. The van der Waals surface area contributed by atoms with Crippen LogP contribution in [-0.4, -0.2) is 59.8 Å². The summed E-state index contributed by atoms with van der Waals surface area (Å²) in [7, 11) is 0. The molecule has 15 nitrogen and oxygen atoms in total. The van der Waals surface area contributed by atoms with E-state index in [0.717, 1.165) is 199 Å². The molecule has 12 aromatic heterocycles. The number of hydrogen-bond donors (Lipinski definition) is 0. The molecule has 31 aromatic rings. The quantitative estimate of drug-likeness (QED) is 0.112. The van der Waals surface area contributed by atoms with Crippen LogP contribution < -0.4 is 0 Å². The van der Waals surface area contributed by atoms with Crippen molar-refractivity contribution in [3.8, 4) is 136 Å². The highest BCUT2D eigenvalue weighted by molar-refractivity contribution is 7.27. The largest absolute Gasteiger partial charge is 0.456 e. The highest BCUT2D eigenvalue weighted by Gasteiger charge is 2.28. The number of thiophene rings is 3. The molecule has 0 saturated carbocycles. The normalized spacial score (nSPS) is 11.8. The van der Waals surface area contributed by atoms with Gasteiger partial charge in [-0.2, -0.15) is 0 Å². The standard InChI is InChI=1S/C46H26N4OS.2C42H24N4OS/c1-2-13-28(14-3-1)44-48-45(50-46(49-44)35-21-11-20-33-31-17-7-9-23-38(31)51-42(33)35)29-24-25-39-36(26-29)40-34-18-6-8-22-37(34)47-41(43(40)52-39)32-19-10-15-27-12-4-5-16-30(27)32;1-3-12-25(13-4-1)37-39-36(30-17-7-9-20-33(30)43-37)32-24-27(22-23-35(32)48-39)41-44-40(26-14-5-2-6-15-26)45-42(46-41)31-19-11-18-29-28-16-8-10-21-34(28)47-38(29)31;1-3-12-25(13-4-1)38-39-37(28-16-7-9-19-32(28)43-38)31-24-27(22-23-35(31)48-39)41-44-40(26-14-5-2-6-15-26)45-42(46-41)30-18-11-21-34-36(30)29-17-8-10-20-33(29)47-34/h1-26H;2*1-24H. The van der Waals surface area contributed by atoms with Gasteiger partial charge < -0.3 is 13.3 Å². The molecule has 0 amide bonds. The number of fused-ring (bicyclic) bond motifs is 25. The number of nitrogens with zero attached hydrogens (tertiary/aromatic N) is 12. The van der Waals surface area contributed by atoms with Crippen LogP contribution in [0.25, 0.3) is 306 Å². The molecule has 0 atom stereocenters. The minimum atomic E-state index is 0.566. The molecule has 0 bridgehead atoms. The van der Waals surface area contributed by atoms with Gasteiger partial charge in [-0.05, 0) is 120 Å². The fraction of sp³-hybridized carbons (Fsp3) is 0. The first-order valence-corrected chi connectivity index (χ1v) is 51.3. The minimum absolute atomic E-state index is 0.566. The molecule has 12 heterocycles. The van der Waals surface area contributed by atoms with Gasteiger partial charge in [0, 0.05) is 151 Å². The van der Waals surface area contributed by atoms with Crippen molar-refractivity contribution < 1.29 is 13.3 Å². The van der Waals surface area contributed by atoms with E-state index in [2.05, 4.69) is 255 Å². The third kappa shape index (κ3) is 14.7. The summed E-state index contributed by atoms with van der Waals surface area (Å²) >= 11 is 5.34. The van der Waals surface area contributed by atoms with E-state index in [1.54, 1.807) is 34.0 Å². The topological polar surface area (TPSA) is 194 Å². The molecule has 690 valence electrons. The molecule has 0 aliphatic carbocycles. The van der Waals surface area contributed by atoms with Crippen molar-refractivity contribution in [2.24, 2.45) is 0 Å². The zero-order chi connectivity index (χ0) is 97.4. The molecule has 31 rings (SSSR count). The zero-order valence-electron chi connectivity index (χ0n) is 78.5. The van der Waals surface area contributed by atoms with Crippen molar-refractivity contribution >= 4 is 204 Å². The van der Waals surface area contributed by atoms with Crippen LogP contribution >= 0.6 is 34.0 Å². The predicted molar refractivity (Wildman–Crippen MR) is 609 cm³/mol. The molecule has 0 fully saturated rings. The average Bonchev–Trinajstić information content (AvgIpc) is 1.58. The molecule has 0 saturated heterocycles. The average molecular weight is 1950 g/mol. The van der Waals surface area contributed by atoms with Crippen molar-refractivity contribution in [2.45, 2.75) is 0 Å². The third-order valence-corrected chi connectivity index (χ3v) is 31.3. The maximum Gasteiger partial charge on any atom is 0.167 e. The number of rotatable bonds is 12. The molecule has 0 aliphatic heterocycles. The maximum atomic E-state index is 6.43. The van der Waals surface area contributed by atoms with E-state index in [9.17, 15) is 0 Å². The van der Waals surface area contributed by atoms with Crippen LogP contribution in [0.3, 0.4) is 0 Å². The van der Waals surface area contributed by atoms with Gasteiger partial charge in [-0.3, -0.25) is 0 Å². The molecule has 0 radical (unpaired) electrons. The van der Waals surface area contributed by atoms with Crippen molar-refractivity contribution in [1.29, 1.82) is 0 Å². The fourth-order valence-corrected chi connectivity index (χ4v) is 24.5. The monoisotopic (exact) mass is 1950 g/mol. The van der Waals surface area contributed by atoms with Crippen LogP contribution in [0.15, 0.2) is 462 Å². The first-order chi connectivity index (χ1) is 73.3. The lowest BCUT2D eigenvalue weighted by molar-refractivity contribution is 0.668. The van der Waals surface area contributed by atoms with Gasteiger partial charge in [-0.25, -0.2) is 59.8 Å². The SMILES string of the molecule is c1ccc(-c2nc(-c3ccc4sc5c(-c6cccc7ccccc67)nc6ccccc6c5c4c3)nc(-c3cccc4c3oc3ccccc34)n2)cc1.c1ccc(-c2nc(-c3ccc4sc5c(-c6ccccc6)nc6ccccc6c5c4c3)nc(-c3cccc4c3oc3ccccc34)n2)cc1.c1ccc(-c2nc(-c3ccc4sc5c(-c6ccccc6)nc6ccccc6c5c4c3)nc(-c3cccc4oc5ccccc5c34)n2)cc1. The van der Waals surface area contributed by atoms with E-state index in [4.69, 9.17) is 73.1 Å². The van der Waals surface area contributed by atoms with Gasteiger partial charge in [-0.15, -0.1) is 34.0 Å². The van der Waals surface area contributed by atoms with Gasteiger partial charge in [0.15, 0.2) is 52.4 Å². The molecule has 0 spiro atoms. The van der Waals surface area contributed by atoms with Crippen molar-refractivity contribution in [1.82, 2.24) is 59.8 Å². The highest BCUT2D eigenvalue weighted by atomic mass is 32.1. The molecule has 19 aromatic carbocycles. The number of benzene rings is 19. The van der Waals surface area contributed by atoms with Gasteiger partial charge in [0.25, 0.3) is 0 Å². The second-order valence-corrected chi connectivity index (χ2v) is 39.8. The first kappa shape index (κ1) is 85.5. The summed E-state index contributed by atoms with van der Waals surface area (Å²) in [6.07, 6.45) is 0. The number of para-hydroxylation sites is 8. The fourth-order valence-electron chi connectivity index (χ4n) is 20.9. The van der Waals surface area contributed by atoms with Gasteiger partial charge >= 0.3 is 0 Å². The highest BCUT2D eigenvalue weighted by Crippen LogP contribution is 2.51. The van der Waals surface area contributed by atoms with E-state index in [-0.39, 0.29) is 0 Å². The van der Waals surface area contributed by atoms with E-state index < -0.39 is 0 Å². The van der Waals surface area contributed by atoms with E-state index in [0.29, 0.717) is 52.4 Å². The summed E-state index contributed by atoms with van der Waals surface area (Å²) in [6, 6.07) is 154. The van der Waals surface area contributed by atoms with E-state index in [1.807, 2.05) is 194 Å². The van der Waals surface area contributed by atoms with Crippen LogP contribution in [0, 0.1) is 0 Å². The Bertz CT molecular complexity index is 10800. The summed E-state index contributed by atoms with van der Waals surface area (Å²) in [5, 5.41) is 19.1. The number of aromatic nitrogens is 12. The Kier molecular flexibility index (Phi) is 20.5.